The first-order valence-corrected chi connectivity index (χ1v) is 9.73. The second-order valence-electron chi connectivity index (χ2n) is 7.78. The Balaban J connectivity index is 1.81. The number of benzene rings is 1. The number of guanidine groups is 1. The number of hydrogen-bond donors (Lipinski definition) is 2. The standard InChI is InChI=1S/C21H36N4O/c1-22-20(24-17-21(13-14-26-4)11-5-6-12-21)23-15-18-7-9-19(10-8-18)16-25(2)3/h7-10H,5-6,11-17H2,1-4H3,(H2,22,23,24). The van der Waals surface area contributed by atoms with Crippen LogP contribution in [0.1, 0.15) is 43.2 Å². The van der Waals surface area contributed by atoms with Crippen LogP contribution in [0.25, 0.3) is 0 Å². The first-order valence-electron chi connectivity index (χ1n) is 9.73. The number of aliphatic imine (C=N–C) groups is 1. The molecule has 2 rings (SSSR count). The topological polar surface area (TPSA) is 48.9 Å². The van der Waals surface area contributed by atoms with Gasteiger partial charge in [-0.25, -0.2) is 0 Å². The number of nitrogens with zero attached hydrogens (tertiary/aromatic N) is 2. The molecule has 5 nitrogen and oxygen atoms in total. The first kappa shape index (κ1) is 20.7. The first-order chi connectivity index (χ1) is 12.6. The van der Waals surface area contributed by atoms with Gasteiger partial charge >= 0.3 is 0 Å². The minimum Gasteiger partial charge on any atom is -0.385 e. The highest BCUT2D eigenvalue weighted by Gasteiger charge is 2.33. The number of rotatable bonds is 9. The van der Waals surface area contributed by atoms with Gasteiger partial charge in [-0.05, 0) is 49.9 Å². The van der Waals surface area contributed by atoms with Gasteiger partial charge < -0.3 is 20.3 Å². The Bertz CT molecular complexity index is 548. The van der Waals surface area contributed by atoms with Crippen molar-refractivity contribution in [1.82, 2.24) is 15.5 Å². The summed E-state index contributed by atoms with van der Waals surface area (Å²) in [5.74, 6) is 0.881. The van der Waals surface area contributed by atoms with E-state index in [0.29, 0.717) is 5.41 Å². The number of nitrogens with one attached hydrogen (secondary N) is 2. The molecule has 1 aromatic carbocycles. The van der Waals surface area contributed by atoms with E-state index in [1.165, 1.54) is 36.8 Å². The molecule has 0 spiro atoms. The summed E-state index contributed by atoms with van der Waals surface area (Å²) >= 11 is 0. The molecule has 0 radical (unpaired) electrons. The van der Waals surface area contributed by atoms with Crippen LogP contribution >= 0.6 is 0 Å². The van der Waals surface area contributed by atoms with Crippen molar-refractivity contribution in [1.29, 1.82) is 0 Å². The predicted molar refractivity (Wildman–Crippen MR) is 109 cm³/mol. The van der Waals surface area contributed by atoms with E-state index >= 15 is 0 Å². The van der Waals surface area contributed by atoms with Crippen LogP contribution in [0.15, 0.2) is 29.3 Å². The van der Waals surface area contributed by atoms with Crippen LogP contribution in [-0.2, 0) is 17.8 Å². The summed E-state index contributed by atoms with van der Waals surface area (Å²) in [4.78, 5) is 6.57. The molecule has 0 amide bonds. The zero-order valence-corrected chi connectivity index (χ0v) is 17.0. The Morgan fingerprint density at radius 1 is 1.12 bits per heavy atom. The lowest BCUT2D eigenvalue weighted by atomic mass is 9.83. The Morgan fingerprint density at radius 3 is 2.35 bits per heavy atom. The fourth-order valence-corrected chi connectivity index (χ4v) is 3.76. The highest BCUT2D eigenvalue weighted by Crippen LogP contribution is 2.40. The summed E-state index contributed by atoms with van der Waals surface area (Å²) in [6, 6.07) is 8.78. The lowest BCUT2D eigenvalue weighted by Gasteiger charge is -2.30. The monoisotopic (exact) mass is 360 g/mol. The van der Waals surface area contributed by atoms with Crippen LogP contribution in [0.5, 0.6) is 0 Å². The molecule has 146 valence electrons. The molecule has 0 heterocycles. The molecular weight excluding hydrogens is 324 g/mol. The zero-order chi connectivity index (χ0) is 18.8. The maximum atomic E-state index is 5.32. The molecule has 26 heavy (non-hydrogen) atoms. The van der Waals surface area contributed by atoms with Gasteiger partial charge in [-0.3, -0.25) is 4.99 Å². The molecule has 0 bridgehead atoms. The predicted octanol–water partition coefficient (Wildman–Crippen LogP) is 3.01. The molecule has 0 unspecified atom stereocenters. The van der Waals surface area contributed by atoms with Crippen LogP contribution < -0.4 is 10.6 Å². The average Bonchev–Trinajstić information content (AvgIpc) is 3.10. The van der Waals surface area contributed by atoms with Gasteiger partial charge in [0.15, 0.2) is 5.96 Å². The molecule has 0 aliphatic heterocycles. The Labute approximate surface area is 159 Å². The third-order valence-electron chi connectivity index (χ3n) is 5.34. The van der Waals surface area contributed by atoms with Crippen LogP contribution in [0.2, 0.25) is 0 Å². The Hall–Kier alpha value is -1.59. The lowest BCUT2D eigenvalue weighted by Crippen LogP contribution is -2.43. The molecule has 0 saturated heterocycles. The molecule has 0 atom stereocenters. The van der Waals surface area contributed by atoms with E-state index in [1.54, 1.807) is 7.11 Å². The third-order valence-corrected chi connectivity index (χ3v) is 5.34. The van der Waals surface area contributed by atoms with Gasteiger partial charge in [-0.1, -0.05) is 37.1 Å². The zero-order valence-electron chi connectivity index (χ0n) is 17.0. The molecule has 0 aromatic heterocycles. The minimum absolute atomic E-state index is 0.363. The van der Waals surface area contributed by atoms with E-state index in [1.807, 2.05) is 7.05 Å². The van der Waals surface area contributed by atoms with Gasteiger partial charge in [0.05, 0.1) is 0 Å². The van der Waals surface area contributed by atoms with Crippen molar-refractivity contribution in [3.63, 3.8) is 0 Å². The fourth-order valence-electron chi connectivity index (χ4n) is 3.76. The summed E-state index contributed by atoms with van der Waals surface area (Å²) in [6.45, 7) is 3.57. The van der Waals surface area contributed by atoms with E-state index in [2.05, 4.69) is 58.9 Å². The lowest BCUT2D eigenvalue weighted by molar-refractivity contribution is 0.138. The van der Waals surface area contributed by atoms with E-state index in [0.717, 1.165) is 38.6 Å². The van der Waals surface area contributed by atoms with Gasteiger partial charge in [0.25, 0.3) is 0 Å². The van der Waals surface area contributed by atoms with Gasteiger partial charge in [-0.15, -0.1) is 0 Å². The average molecular weight is 361 g/mol. The van der Waals surface area contributed by atoms with E-state index < -0.39 is 0 Å². The largest absolute Gasteiger partial charge is 0.385 e. The highest BCUT2D eigenvalue weighted by atomic mass is 16.5. The van der Waals surface area contributed by atoms with Crippen LogP contribution in [0.4, 0.5) is 0 Å². The summed E-state index contributed by atoms with van der Waals surface area (Å²) in [5.41, 5.74) is 2.97. The van der Waals surface area contributed by atoms with Crippen LogP contribution in [0.3, 0.4) is 0 Å². The number of methoxy groups -OCH3 is 1. The smallest absolute Gasteiger partial charge is 0.191 e. The summed E-state index contributed by atoms with van der Waals surface area (Å²) < 4.78 is 5.32. The quantitative estimate of drug-likeness (QED) is 0.525. The molecule has 1 fully saturated rings. The van der Waals surface area contributed by atoms with Crippen LogP contribution in [-0.4, -0.2) is 52.3 Å². The maximum Gasteiger partial charge on any atom is 0.191 e. The van der Waals surface area contributed by atoms with E-state index in [-0.39, 0.29) is 0 Å². The van der Waals surface area contributed by atoms with Crippen molar-refractivity contribution < 1.29 is 4.74 Å². The number of hydrogen-bond acceptors (Lipinski definition) is 3. The summed E-state index contributed by atoms with van der Waals surface area (Å²) in [5, 5.41) is 6.99. The molecule has 1 aliphatic rings. The van der Waals surface area contributed by atoms with E-state index in [4.69, 9.17) is 4.74 Å². The maximum absolute atomic E-state index is 5.32. The summed E-state index contributed by atoms with van der Waals surface area (Å²) in [7, 11) is 7.82. The van der Waals surface area contributed by atoms with Crippen molar-refractivity contribution in [2.75, 3.05) is 41.4 Å². The normalized spacial score (nSPS) is 16.9. The van der Waals surface area contributed by atoms with Crippen molar-refractivity contribution in [3.8, 4) is 0 Å². The second kappa shape index (κ2) is 10.5. The molecule has 5 heteroatoms. The molecule has 1 aromatic rings. The van der Waals surface area contributed by atoms with Crippen molar-refractivity contribution in [2.24, 2.45) is 10.4 Å². The van der Waals surface area contributed by atoms with Crippen molar-refractivity contribution in [3.05, 3.63) is 35.4 Å². The fraction of sp³-hybridized carbons (Fsp3) is 0.667. The Kier molecular flexibility index (Phi) is 8.39. The summed E-state index contributed by atoms with van der Waals surface area (Å²) in [6.07, 6.45) is 6.36. The molecular formula is C21H36N4O. The van der Waals surface area contributed by atoms with Gasteiger partial charge in [0, 0.05) is 40.4 Å². The molecule has 2 N–H and O–H groups in total. The van der Waals surface area contributed by atoms with Gasteiger partial charge in [0.2, 0.25) is 0 Å². The van der Waals surface area contributed by atoms with E-state index in [9.17, 15) is 0 Å². The SMILES string of the molecule is CN=C(NCc1ccc(CN(C)C)cc1)NCC1(CCOC)CCCC1. The second-order valence-corrected chi connectivity index (χ2v) is 7.78. The highest BCUT2D eigenvalue weighted by molar-refractivity contribution is 5.79. The Morgan fingerprint density at radius 2 is 1.77 bits per heavy atom. The minimum atomic E-state index is 0.363. The van der Waals surface area contributed by atoms with Crippen LogP contribution in [0, 0.1) is 5.41 Å². The molecule has 1 saturated carbocycles. The van der Waals surface area contributed by atoms with Gasteiger partial charge in [0.1, 0.15) is 0 Å². The van der Waals surface area contributed by atoms with Gasteiger partial charge in [-0.2, -0.15) is 0 Å². The number of ether oxygens (including phenoxy) is 1. The van der Waals surface area contributed by atoms with Crippen molar-refractivity contribution >= 4 is 5.96 Å². The molecule has 1 aliphatic carbocycles. The van der Waals surface area contributed by atoms with Crippen molar-refractivity contribution in [2.45, 2.75) is 45.2 Å². The third kappa shape index (κ3) is 6.61.